The van der Waals surface area contributed by atoms with Crippen molar-refractivity contribution < 1.29 is 31.9 Å². The van der Waals surface area contributed by atoms with E-state index in [-0.39, 0.29) is 0 Å². The van der Waals surface area contributed by atoms with Crippen LogP contribution in [0.1, 0.15) is 17.9 Å². The van der Waals surface area contributed by atoms with E-state index in [1.807, 2.05) is 0 Å². The van der Waals surface area contributed by atoms with Crippen molar-refractivity contribution in [1.29, 1.82) is 0 Å². The minimum Gasteiger partial charge on any atom is -0.481 e. The van der Waals surface area contributed by atoms with Gasteiger partial charge in [-0.15, -0.1) is 0 Å². The average Bonchev–Trinajstić information content (AvgIpc) is 2.13. The Balaban J connectivity index is 3.27. The molecule has 17 heavy (non-hydrogen) atoms. The summed E-state index contributed by atoms with van der Waals surface area (Å²) in [5.41, 5.74) is -1.32. The molecule has 0 fully saturated rings. The van der Waals surface area contributed by atoms with Crippen LogP contribution in [0.25, 0.3) is 0 Å². The Kier molecular flexibility index (Phi) is 3.64. The summed E-state index contributed by atoms with van der Waals surface area (Å²) in [6.07, 6.45) is -5.69. The summed E-state index contributed by atoms with van der Waals surface area (Å²) in [5.74, 6) is -7.58. The van der Waals surface area contributed by atoms with E-state index in [0.717, 1.165) is 0 Å². The Morgan fingerprint density at radius 3 is 2.12 bits per heavy atom. The van der Waals surface area contributed by atoms with Crippen LogP contribution in [0.15, 0.2) is 12.4 Å². The van der Waals surface area contributed by atoms with Crippen LogP contribution in [0.5, 0.6) is 0 Å². The first-order chi connectivity index (χ1) is 7.73. The molecule has 1 aromatic heterocycles. The minimum atomic E-state index is -5.05. The number of carboxylic acids is 1. The van der Waals surface area contributed by atoms with E-state index in [1.165, 1.54) is 0 Å². The molecule has 0 amide bonds. The van der Waals surface area contributed by atoms with Crippen LogP contribution < -0.4 is 0 Å². The van der Waals surface area contributed by atoms with Crippen molar-refractivity contribution in [2.24, 2.45) is 0 Å². The first kappa shape index (κ1) is 13.3. The highest BCUT2D eigenvalue weighted by Gasteiger charge is 2.44. The van der Waals surface area contributed by atoms with E-state index in [1.54, 1.807) is 0 Å². The maximum atomic E-state index is 13.1. The number of halogens is 5. The van der Waals surface area contributed by atoms with Crippen LogP contribution in [0.2, 0.25) is 0 Å². The smallest absolute Gasteiger partial charge is 0.396 e. The lowest BCUT2D eigenvalue weighted by molar-refractivity contribution is -0.164. The lowest BCUT2D eigenvalue weighted by Crippen LogP contribution is -2.25. The monoisotopic (exact) mass is 255 g/mol. The number of pyridine rings is 1. The van der Waals surface area contributed by atoms with E-state index in [9.17, 15) is 26.7 Å². The molecule has 1 heterocycles. The second-order valence-corrected chi connectivity index (χ2v) is 3.21. The fraction of sp³-hybridized carbons (Fsp3) is 0.333. The molecule has 0 saturated carbocycles. The van der Waals surface area contributed by atoms with Crippen LogP contribution in [0.3, 0.4) is 0 Å². The molecule has 0 bridgehead atoms. The molecule has 0 spiro atoms. The maximum absolute atomic E-state index is 13.1. The minimum absolute atomic E-state index is 0.402. The van der Waals surface area contributed by atoms with E-state index in [2.05, 4.69) is 4.98 Å². The van der Waals surface area contributed by atoms with Crippen LogP contribution in [-0.4, -0.2) is 22.2 Å². The van der Waals surface area contributed by atoms with E-state index >= 15 is 0 Å². The number of rotatable bonds is 3. The molecule has 1 aromatic rings. The Bertz CT molecular complexity index is 412. The number of carboxylic acid groups (broad SMARTS) is 1. The lowest BCUT2D eigenvalue weighted by Gasteiger charge is -2.19. The van der Waals surface area contributed by atoms with Gasteiger partial charge in [0.15, 0.2) is 0 Å². The third-order valence-electron chi connectivity index (χ3n) is 2.01. The fourth-order valence-corrected chi connectivity index (χ4v) is 1.31. The molecule has 1 unspecified atom stereocenters. The highest BCUT2D eigenvalue weighted by molar-refractivity contribution is 5.68. The SMILES string of the molecule is O=C(O)CC(c1c(F)cncc1F)C(F)(F)F. The molecule has 0 radical (unpaired) electrons. The first-order valence-corrected chi connectivity index (χ1v) is 4.31. The standard InChI is InChI=1S/C9H6F5NO2/c10-5-2-15-3-6(11)8(5)4(1-7(16)17)9(12,13)14/h2-4H,1H2,(H,16,17). The van der Waals surface area contributed by atoms with Gasteiger partial charge < -0.3 is 5.11 Å². The van der Waals surface area contributed by atoms with Crippen LogP contribution >= 0.6 is 0 Å². The Morgan fingerprint density at radius 1 is 1.29 bits per heavy atom. The van der Waals surface area contributed by atoms with Crippen molar-refractivity contribution in [1.82, 2.24) is 4.98 Å². The molecule has 0 aliphatic carbocycles. The maximum Gasteiger partial charge on any atom is 0.396 e. The van der Waals surface area contributed by atoms with Crippen LogP contribution in [-0.2, 0) is 4.79 Å². The van der Waals surface area contributed by atoms with Gasteiger partial charge in [0, 0.05) is 5.56 Å². The van der Waals surface area contributed by atoms with Crippen molar-refractivity contribution >= 4 is 5.97 Å². The third-order valence-corrected chi connectivity index (χ3v) is 2.01. The average molecular weight is 255 g/mol. The summed E-state index contributed by atoms with van der Waals surface area (Å²) in [6.45, 7) is 0. The number of aliphatic carboxylic acids is 1. The number of carbonyl (C=O) groups is 1. The van der Waals surface area contributed by atoms with Gasteiger partial charge >= 0.3 is 12.1 Å². The lowest BCUT2D eigenvalue weighted by atomic mass is 9.95. The highest BCUT2D eigenvalue weighted by atomic mass is 19.4. The van der Waals surface area contributed by atoms with Gasteiger partial charge in [0.1, 0.15) is 11.6 Å². The number of hydrogen-bond acceptors (Lipinski definition) is 2. The predicted molar refractivity (Wildman–Crippen MR) is 45.2 cm³/mol. The molecule has 8 heteroatoms. The summed E-state index contributed by atoms with van der Waals surface area (Å²) >= 11 is 0. The Morgan fingerprint density at radius 2 is 1.76 bits per heavy atom. The zero-order valence-electron chi connectivity index (χ0n) is 8.13. The van der Waals surface area contributed by atoms with Gasteiger partial charge in [-0.25, -0.2) is 8.78 Å². The van der Waals surface area contributed by atoms with Crippen LogP contribution in [0.4, 0.5) is 22.0 Å². The van der Waals surface area contributed by atoms with Gasteiger partial charge in [-0.1, -0.05) is 0 Å². The number of alkyl halides is 3. The molecule has 94 valence electrons. The van der Waals surface area contributed by atoms with Gasteiger partial charge in [0.05, 0.1) is 24.7 Å². The number of aromatic nitrogens is 1. The van der Waals surface area contributed by atoms with Gasteiger partial charge in [-0.05, 0) is 0 Å². The zero-order chi connectivity index (χ0) is 13.2. The summed E-state index contributed by atoms with van der Waals surface area (Å²) in [5, 5.41) is 8.33. The molecule has 0 saturated heterocycles. The number of hydrogen-bond donors (Lipinski definition) is 1. The van der Waals surface area contributed by atoms with Gasteiger partial charge in [0.25, 0.3) is 0 Å². The first-order valence-electron chi connectivity index (χ1n) is 4.31. The van der Waals surface area contributed by atoms with Gasteiger partial charge in [0.2, 0.25) is 0 Å². The predicted octanol–water partition coefficient (Wildman–Crippen LogP) is 2.48. The van der Waals surface area contributed by atoms with E-state index in [4.69, 9.17) is 5.11 Å². The van der Waals surface area contributed by atoms with Gasteiger partial charge in [-0.3, -0.25) is 9.78 Å². The van der Waals surface area contributed by atoms with Gasteiger partial charge in [-0.2, -0.15) is 13.2 Å². The van der Waals surface area contributed by atoms with Crippen molar-refractivity contribution in [3.63, 3.8) is 0 Å². The van der Waals surface area contributed by atoms with Crippen molar-refractivity contribution in [2.45, 2.75) is 18.5 Å². The second kappa shape index (κ2) is 4.64. The fourth-order valence-electron chi connectivity index (χ4n) is 1.31. The molecule has 0 aromatic carbocycles. The number of nitrogens with zero attached hydrogens (tertiary/aromatic N) is 1. The molecular formula is C9H6F5NO2. The molecule has 0 aliphatic heterocycles. The second-order valence-electron chi connectivity index (χ2n) is 3.21. The zero-order valence-corrected chi connectivity index (χ0v) is 8.13. The Labute approximate surface area is 91.9 Å². The molecule has 1 atom stereocenters. The van der Waals surface area contributed by atoms with E-state index in [0.29, 0.717) is 12.4 Å². The van der Waals surface area contributed by atoms with Crippen molar-refractivity contribution in [2.75, 3.05) is 0 Å². The summed E-state index contributed by atoms with van der Waals surface area (Å²) < 4.78 is 63.7. The highest BCUT2D eigenvalue weighted by Crippen LogP contribution is 2.39. The summed E-state index contributed by atoms with van der Waals surface area (Å²) in [6, 6.07) is 0. The van der Waals surface area contributed by atoms with Crippen molar-refractivity contribution in [3.05, 3.63) is 29.6 Å². The summed E-state index contributed by atoms with van der Waals surface area (Å²) in [7, 11) is 0. The molecule has 0 aliphatic rings. The molecule has 1 N–H and O–H groups in total. The topological polar surface area (TPSA) is 50.2 Å². The summed E-state index contributed by atoms with van der Waals surface area (Å²) in [4.78, 5) is 13.3. The van der Waals surface area contributed by atoms with Crippen LogP contribution in [0, 0.1) is 11.6 Å². The molecular weight excluding hydrogens is 249 g/mol. The molecule has 1 rings (SSSR count). The largest absolute Gasteiger partial charge is 0.481 e. The normalized spacial score (nSPS) is 13.5. The Hall–Kier alpha value is -1.73. The third kappa shape index (κ3) is 3.11. The molecule has 3 nitrogen and oxygen atoms in total. The van der Waals surface area contributed by atoms with E-state index < -0.39 is 41.7 Å². The quantitative estimate of drug-likeness (QED) is 0.844. The van der Waals surface area contributed by atoms with Crippen molar-refractivity contribution in [3.8, 4) is 0 Å².